The number of anilines is 1. The number of methoxy groups -OCH3 is 1. The maximum atomic E-state index is 12.6. The Bertz CT molecular complexity index is 1200. The largest absolute Gasteiger partial charge is 0.497 e. The number of para-hydroxylation sites is 2. The standard InChI is InChI=1S/C26H25N3O2S/c1-17-8-9-18(2)23(14-17)28-25(30)16-32-26-15-24(19-10-12-20(31-3)13-11-19)27-21-6-4-5-7-22(21)29-26/h4-14H,15-16H2,1-3H3,(H,28,30). The molecule has 0 radical (unpaired) electrons. The Morgan fingerprint density at radius 1 is 1.00 bits per heavy atom. The zero-order valence-corrected chi connectivity index (χ0v) is 19.2. The number of benzene rings is 3. The number of fused-ring (bicyclic) bond motifs is 1. The number of aliphatic imine (C=N–C) groups is 2. The molecule has 0 saturated carbocycles. The minimum Gasteiger partial charge on any atom is -0.497 e. The van der Waals surface area contributed by atoms with E-state index >= 15 is 0 Å². The van der Waals surface area contributed by atoms with Gasteiger partial charge in [0.1, 0.15) is 5.75 Å². The minimum atomic E-state index is -0.0492. The maximum Gasteiger partial charge on any atom is 0.234 e. The summed E-state index contributed by atoms with van der Waals surface area (Å²) < 4.78 is 5.28. The average Bonchev–Trinajstić information content (AvgIpc) is 2.99. The van der Waals surface area contributed by atoms with Crippen LogP contribution in [0.15, 0.2) is 76.7 Å². The molecule has 1 aliphatic rings. The lowest BCUT2D eigenvalue weighted by Gasteiger charge is -2.10. The third-order valence-electron chi connectivity index (χ3n) is 5.16. The molecule has 162 valence electrons. The molecule has 0 fully saturated rings. The Hall–Kier alpha value is -3.38. The summed E-state index contributed by atoms with van der Waals surface area (Å²) in [5.74, 6) is 1.03. The Balaban J connectivity index is 1.53. The average molecular weight is 444 g/mol. The molecule has 0 unspecified atom stereocenters. The second-order valence-electron chi connectivity index (χ2n) is 7.61. The number of thioether (sulfide) groups is 1. The van der Waals surface area contributed by atoms with Crippen LogP contribution in [0.3, 0.4) is 0 Å². The van der Waals surface area contributed by atoms with Gasteiger partial charge in [0, 0.05) is 12.1 Å². The van der Waals surface area contributed by atoms with Crippen molar-refractivity contribution >= 4 is 45.5 Å². The van der Waals surface area contributed by atoms with Crippen molar-refractivity contribution < 1.29 is 9.53 Å². The molecule has 3 aromatic rings. The first-order valence-corrected chi connectivity index (χ1v) is 11.4. The highest BCUT2D eigenvalue weighted by Gasteiger charge is 2.17. The Labute approximate surface area is 192 Å². The van der Waals surface area contributed by atoms with Crippen LogP contribution in [-0.2, 0) is 4.79 Å². The highest BCUT2D eigenvalue weighted by Crippen LogP contribution is 2.33. The molecule has 1 heterocycles. The van der Waals surface area contributed by atoms with Gasteiger partial charge in [-0.3, -0.25) is 9.79 Å². The van der Waals surface area contributed by atoms with E-state index < -0.39 is 0 Å². The first kappa shape index (κ1) is 21.8. The molecular formula is C26H25N3O2S. The zero-order valence-electron chi connectivity index (χ0n) is 18.4. The Kier molecular flexibility index (Phi) is 6.71. The van der Waals surface area contributed by atoms with E-state index in [1.54, 1.807) is 7.11 Å². The van der Waals surface area contributed by atoms with Gasteiger partial charge in [0.15, 0.2) is 0 Å². The summed E-state index contributed by atoms with van der Waals surface area (Å²) >= 11 is 1.45. The lowest BCUT2D eigenvalue weighted by atomic mass is 10.1. The van der Waals surface area contributed by atoms with Crippen LogP contribution in [0.1, 0.15) is 23.1 Å². The van der Waals surface area contributed by atoms with Crippen LogP contribution < -0.4 is 10.1 Å². The van der Waals surface area contributed by atoms with Gasteiger partial charge in [-0.2, -0.15) is 0 Å². The predicted octanol–water partition coefficient (Wildman–Crippen LogP) is 6.24. The van der Waals surface area contributed by atoms with Gasteiger partial charge in [-0.05, 0) is 73.0 Å². The van der Waals surface area contributed by atoms with Crippen LogP contribution in [0.25, 0.3) is 0 Å². The first-order valence-electron chi connectivity index (χ1n) is 10.4. The van der Waals surface area contributed by atoms with Crippen molar-refractivity contribution in [1.29, 1.82) is 0 Å². The van der Waals surface area contributed by atoms with Crippen LogP contribution in [0, 0.1) is 13.8 Å². The van der Waals surface area contributed by atoms with Gasteiger partial charge < -0.3 is 10.1 Å². The number of carbonyl (C=O) groups is 1. The topological polar surface area (TPSA) is 63.1 Å². The number of aryl methyl sites for hydroxylation is 2. The molecule has 1 aliphatic heterocycles. The molecule has 4 rings (SSSR count). The number of hydrogen-bond acceptors (Lipinski definition) is 5. The molecule has 1 N–H and O–H groups in total. The normalized spacial score (nSPS) is 12.8. The number of carbonyl (C=O) groups excluding carboxylic acids is 1. The van der Waals surface area contributed by atoms with Gasteiger partial charge in [-0.25, -0.2) is 4.99 Å². The molecule has 6 heteroatoms. The van der Waals surface area contributed by atoms with E-state index in [1.807, 2.05) is 80.6 Å². The van der Waals surface area contributed by atoms with Gasteiger partial charge in [-0.1, -0.05) is 24.3 Å². The molecule has 0 aromatic heterocycles. The summed E-state index contributed by atoms with van der Waals surface area (Å²) in [4.78, 5) is 22.3. The minimum absolute atomic E-state index is 0.0492. The molecule has 0 atom stereocenters. The number of hydrogen-bond donors (Lipinski definition) is 1. The zero-order chi connectivity index (χ0) is 22.5. The summed E-state index contributed by atoms with van der Waals surface area (Å²) in [5, 5.41) is 3.88. The van der Waals surface area contributed by atoms with Crippen LogP contribution in [0.5, 0.6) is 5.75 Å². The summed E-state index contributed by atoms with van der Waals surface area (Å²) in [6.45, 7) is 4.01. The van der Waals surface area contributed by atoms with Gasteiger partial charge >= 0.3 is 0 Å². The van der Waals surface area contributed by atoms with E-state index in [2.05, 4.69) is 5.32 Å². The highest BCUT2D eigenvalue weighted by atomic mass is 32.2. The van der Waals surface area contributed by atoms with Crippen LogP contribution >= 0.6 is 11.8 Å². The monoisotopic (exact) mass is 443 g/mol. The smallest absolute Gasteiger partial charge is 0.234 e. The van der Waals surface area contributed by atoms with Crippen molar-refractivity contribution in [2.24, 2.45) is 9.98 Å². The molecular weight excluding hydrogens is 418 g/mol. The van der Waals surface area contributed by atoms with Gasteiger partial charge in [0.25, 0.3) is 0 Å². The van der Waals surface area contributed by atoms with Crippen molar-refractivity contribution in [3.8, 4) is 5.75 Å². The number of ether oxygens (including phenoxy) is 1. The SMILES string of the molecule is COc1ccc(C2=Nc3ccccc3N=C(SCC(=O)Nc3cc(C)ccc3C)C2)cc1. The van der Waals surface area contributed by atoms with Gasteiger partial charge in [-0.15, -0.1) is 11.8 Å². The van der Waals surface area contributed by atoms with E-state index in [9.17, 15) is 4.79 Å². The molecule has 5 nitrogen and oxygen atoms in total. The first-order chi connectivity index (χ1) is 15.5. The molecule has 32 heavy (non-hydrogen) atoms. The quantitative estimate of drug-likeness (QED) is 0.508. The number of rotatable bonds is 5. The number of amides is 1. The van der Waals surface area contributed by atoms with Crippen molar-refractivity contribution in [2.45, 2.75) is 20.3 Å². The van der Waals surface area contributed by atoms with Crippen molar-refractivity contribution in [2.75, 3.05) is 18.2 Å². The predicted molar refractivity (Wildman–Crippen MR) is 134 cm³/mol. The fourth-order valence-electron chi connectivity index (χ4n) is 3.39. The third-order valence-corrected chi connectivity index (χ3v) is 6.14. The summed E-state index contributed by atoms with van der Waals surface area (Å²) in [6, 6.07) is 21.7. The summed E-state index contributed by atoms with van der Waals surface area (Å²) in [5.41, 5.74) is 6.58. The Morgan fingerprint density at radius 2 is 1.72 bits per heavy atom. The number of nitrogens with one attached hydrogen (secondary N) is 1. The fraction of sp³-hybridized carbons (Fsp3) is 0.192. The van der Waals surface area contributed by atoms with E-state index in [0.29, 0.717) is 6.42 Å². The molecule has 0 saturated heterocycles. The third kappa shape index (κ3) is 5.26. The molecule has 1 amide bonds. The second kappa shape index (κ2) is 9.83. The van der Waals surface area contributed by atoms with Crippen LogP contribution in [0.4, 0.5) is 17.1 Å². The second-order valence-corrected chi connectivity index (χ2v) is 8.66. The highest BCUT2D eigenvalue weighted by molar-refractivity contribution is 8.14. The van der Waals surface area contributed by atoms with Crippen molar-refractivity contribution in [1.82, 2.24) is 0 Å². The molecule has 0 spiro atoms. The van der Waals surface area contributed by atoms with Crippen LogP contribution in [-0.4, -0.2) is 29.5 Å². The van der Waals surface area contributed by atoms with E-state index in [0.717, 1.165) is 50.3 Å². The number of nitrogens with zero attached hydrogens (tertiary/aromatic N) is 2. The lowest BCUT2D eigenvalue weighted by molar-refractivity contribution is -0.113. The van der Waals surface area contributed by atoms with Crippen molar-refractivity contribution in [3.05, 3.63) is 83.4 Å². The van der Waals surface area contributed by atoms with Gasteiger partial charge in [0.2, 0.25) is 5.91 Å². The van der Waals surface area contributed by atoms with E-state index in [-0.39, 0.29) is 11.7 Å². The van der Waals surface area contributed by atoms with Crippen molar-refractivity contribution in [3.63, 3.8) is 0 Å². The maximum absolute atomic E-state index is 12.6. The summed E-state index contributed by atoms with van der Waals surface area (Å²) in [6.07, 6.45) is 0.558. The summed E-state index contributed by atoms with van der Waals surface area (Å²) in [7, 11) is 1.65. The van der Waals surface area contributed by atoms with E-state index in [4.69, 9.17) is 14.7 Å². The van der Waals surface area contributed by atoms with Gasteiger partial charge in [0.05, 0.1) is 35.0 Å². The van der Waals surface area contributed by atoms with Crippen LogP contribution in [0.2, 0.25) is 0 Å². The molecule has 0 aliphatic carbocycles. The lowest BCUT2D eigenvalue weighted by Crippen LogP contribution is -2.17. The van der Waals surface area contributed by atoms with E-state index in [1.165, 1.54) is 11.8 Å². The fourth-order valence-corrected chi connectivity index (χ4v) is 4.17. The Morgan fingerprint density at radius 3 is 2.44 bits per heavy atom. The molecule has 0 bridgehead atoms. The molecule has 3 aromatic carbocycles.